The third kappa shape index (κ3) is 4.07. The minimum absolute atomic E-state index is 0.884. The first-order valence-electron chi connectivity index (χ1n) is 16.8. The van der Waals surface area contributed by atoms with Crippen LogP contribution >= 0.6 is 22.7 Å². The minimum Gasteiger partial charge on any atom is -0.456 e. The maximum atomic E-state index is 6.44. The number of thiophene rings is 2. The van der Waals surface area contributed by atoms with Gasteiger partial charge in [0.15, 0.2) is 0 Å². The molecule has 50 heavy (non-hydrogen) atoms. The number of para-hydroxylation sites is 1. The standard InChI is InChI=1S/C46H27NOS2/c1-2-10-28(11-3-1)29-20-23-31(24-21-29)47(35-15-8-18-38-42(35)33-14-6-7-17-37(33)48-38)36-16-9-19-39-44(36)45-41(49-39)27-26-40-43(45)34-25-22-30-12-4-5-13-32(30)46(34)50-40/h1-27H. The third-order valence-electron chi connectivity index (χ3n) is 10.1. The van der Waals surface area contributed by atoms with Crippen LogP contribution in [0, 0.1) is 0 Å². The van der Waals surface area contributed by atoms with E-state index in [0.717, 1.165) is 39.0 Å². The number of hydrogen-bond acceptors (Lipinski definition) is 4. The Bertz CT molecular complexity index is 3090. The van der Waals surface area contributed by atoms with E-state index in [1.54, 1.807) is 0 Å². The van der Waals surface area contributed by atoms with Crippen molar-refractivity contribution in [3.63, 3.8) is 0 Å². The zero-order valence-electron chi connectivity index (χ0n) is 26.8. The summed E-state index contributed by atoms with van der Waals surface area (Å²) < 4.78 is 11.7. The van der Waals surface area contributed by atoms with E-state index in [1.165, 1.54) is 62.2 Å². The molecule has 11 aromatic rings. The van der Waals surface area contributed by atoms with E-state index in [9.17, 15) is 0 Å². The third-order valence-corrected chi connectivity index (χ3v) is 12.4. The Hall–Kier alpha value is -5.94. The van der Waals surface area contributed by atoms with Gasteiger partial charge in [-0.05, 0) is 76.5 Å². The first kappa shape index (κ1) is 28.0. The molecule has 0 aliphatic heterocycles. The van der Waals surface area contributed by atoms with Crippen molar-refractivity contribution in [2.45, 2.75) is 0 Å². The van der Waals surface area contributed by atoms with Gasteiger partial charge in [-0.25, -0.2) is 0 Å². The molecular formula is C46H27NOS2. The van der Waals surface area contributed by atoms with Gasteiger partial charge in [0, 0.05) is 51.4 Å². The molecule has 0 saturated heterocycles. The first-order chi connectivity index (χ1) is 24.8. The molecule has 0 radical (unpaired) electrons. The average molecular weight is 674 g/mol. The van der Waals surface area contributed by atoms with Crippen LogP contribution in [0.25, 0.3) is 84.2 Å². The minimum atomic E-state index is 0.884. The van der Waals surface area contributed by atoms with Gasteiger partial charge in [0.1, 0.15) is 11.2 Å². The van der Waals surface area contributed by atoms with E-state index >= 15 is 0 Å². The molecule has 11 rings (SSSR count). The highest BCUT2D eigenvalue weighted by atomic mass is 32.1. The smallest absolute Gasteiger partial charge is 0.137 e. The van der Waals surface area contributed by atoms with Crippen LogP contribution < -0.4 is 4.90 Å². The number of nitrogens with zero attached hydrogens (tertiary/aromatic N) is 1. The fraction of sp³-hybridized carbons (Fsp3) is 0. The Morgan fingerprint density at radius 3 is 1.90 bits per heavy atom. The topological polar surface area (TPSA) is 16.4 Å². The molecule has 0 fully saturated rings. The average Bonchev–Trinajstić information content (AvgIpc) is 3.87. The fourth-order valence-electron chi connectivity index (χ4n) is 7.85. The Labute approximate surface area is 295 Å². The second-order valence-electron chi connectivity index (χ2n) is 12.8. The number of anilines is 3. The second-order valence-corrected chi connectivity index (χ2v) is 15.0. The molecule has 0 saturated carbocycles. The lowest BCUT2D eigenvalue weighted by Gasteiger charge is -2.27. The van der Waals surface area contributed by atoms with Gasteiger partial charge >= 0.3 is 0 Å². The van der Waals surface area contributed by atoms with Gasteiger partial charge in [-0.3, -0.25) is 0 Å². The van der Waals surface area contributed by atoms with E-state index in [-0.39, 0.29) is 0 Å². The maximum Gasteiger partial charge on any atom is 0.137 e. The lowest BCUT2D eigenvalue weighted by atomic mass is 10.0. The molecule has 0 aliphatic rings. The highest BCUT2D eigenvalue weighted by Crippen LogP contribution is 2.51. The summed E-state index contributed by atoms with van der Waals surface area (Å²) in [6.07, 6.45) is 0. The van der Waals surface area contributed by atoms with Crippen molar-refractivity contribution < 1.29 is 4.42 Å². The summed E-state index contributed by atoms with van der Waals surface area (Å²) >= 11 is 3.79. The van der Waals surface area contributed by atoms with Crippen molar-refractivity contribution in [1.29, 1.82) is 0 Å². The molecule has 0 unspecified atom stereocenters. The van der Waals surface area contributed by atoms with Crippen LogP contribution in [-0.4, -0.2) is 0 Å². The number of rotatable bonds is 4. The van der Waals surface area contributed by atoms with E-state index in [2.05, 4.69) is 163 Å². The van der Waals surface area contributed by atoms with Crippen LogP contribution in [-0.2, 0) is 0 Å². The Balaban J connectivity index is 1.25. The summed E-state index contributed by atoms with van der Waals surface area (Å²) in [5, 5.41) is 10.1. The van der Waals surface area contributed by atoms with Crippen LogP contribution in [0.4, 0.5) is 17.1 Å². The van der Waals surface area contributed by atoms with E-state index in [0.29, 0.717) is 0 Å². The van der Waals surface area contributed by atoms with Gasteiger partial charge in [-0.1, -0.05) is 109 Å². The molecular weight excluding hydrogens is 647 g/mol. The Morgan fingerprint density at radius 2 is 1.04 bits per heavy atom. The largest absolute Gasteiger partial charge is 0.456 e. The van der Waals surface area contributed by atoms with Crippen molar-refractivity contribution >= 4 is 113 Å². The lowest BCUT2D eigenvalue weighted by Crippen LogP contribution is -2.10. The molecule has 0 bridgehead atoms. The molecule has 3 heterocycles. The van der Waals surface area contributed by atoms with Gasteiger partial charge in [0.05, 0.1) is 16.8 Å². The van der Waals surface area contributed by atoms with Crippen LogP contribution in [0.5, 0.6) is 0 Å². The van der Waals surface area contributed by atoms with Gasteiger partial charge in [-0.2, -0.15) is 0 Å². The maximum absolute atomic E-state index is 6.44. The molecule has 0 N–H and O–H groups in total. The van der Waals surface area contributed by atoms with Gasteiger partial charge in [0.25, 0.3) is 0 Å². The molecule has 4 heteroatoms. The highest BCUT2D eigenvalue weighted by Gasteiger charge is 2.24. The number of furan rings is 1. The normalized spacial score (nSPS) is 12.0. The van der Waals surface area contributed by atoms with E-state index < -0.39 is 0 Å². The predicted octanol–water partition coefficient (Wildman–Crippen LogP) is 14.6. The quantitative estimate of drug-likeness (QED) is 0.185. The van der Waals surface area contributed by atoms with Crippen LogP contribution in [0.15, 0.2) is 168 Å². The van der Waals surface area contributed by atoms with Crippen molar-refractivity contribution in [3.8, 4) is 11.1 Å². The summed E-state index contributed by atoms with van der Waals surface area (Å²) in [5.41, 5.74) is 7.54. The summed E-state index contributed by atoms with van der Waals surface area (Å²) in [6, 6.07) is 59.2. The summed E-state index contributed by atoms with van der Waals surface area (Å²) in [4.78, 5) is 2.45. The molecule has 0 atom stereocenters. The SMILES string of the molecule is c1ccc(-c2ccc(N(c3cccc4oc5ccccc5c34)c3cccc4sc5ccc6sc7c8ccccc8ccc7c6c5c34)cc2)cc1. The first-order valence-corrected chi connectivity index (χ1v) is 18.5. The molecule has 0 aliphatic carbocycles. The zero-order valence-corrected chi connectivity index (χ0v) is 28.4. The van der Waals surface area contributed by atoms with E-state index in [4.69, 9.17) is 4.42 Å². The fourth-order valence-corrected chi connectivity index (χ4v) is 10.2. The molecule has 3 aromatic heterocycles. The number of fused-ring (bicyclic) bond motifs is 12. The van der Waals surface area contributed by atoms with Gasteiger partial charge in [-0.15, -0.1) is 22.7 Å². The summed E-state index contributed by atoms with van der Waals surface area (Å²) in [6.45, 7) is 0. The van der Waals surface area contributed by atoms with Crippen molar-refractivity contribution in [1.82, 2.24) is 0 Å². The number of benzene rings is 8. The van der Waals surface area contributed by atoms with Gasteiger partial charge < -0.3 is 9.32 Å². The highest BCUT2D eigenvalue weighted by molar-refractivity contribution is 7.28. The van der Waals surface area contributed by atoms with Crippen molar-refractivity contribution in [3.05, 3.63) is 164 Å². The Morgan fingerprint density at radius 1 is 0.380 bits per heavy atom. The lowest BCUT2D eigenvalue weighted by molar-refractivity contribution is 0.669. The number of hydrogen-bond donors (Lipinski definition) is 0. The van der Waals surface area contributed by atoms with Crippen LogP contribution in [0.1, 0.15) is 0 Å². The van der Waals surface area contributed by atoms with Crippen LogP contribution in [0.3, 0.4) is 0 Å². The monoisotopic (exact) mass is 673 g/mol. The molecule has 0 amide bonds. The molecule has 234 valence electrons. The summed E-state index contributed by atoms with van der Waals surface area (Å²) in [5.74, 6) is 0. The molecule has 2 nitrogen and oxygen atoms in total. The van der Waals surface area contributed by atoms with Crippen molar-refractivity contribution in [2.75, 3.05) is 4.90 Å². The summed E-state index contributed by atoms with van der Waals surface area (Å²) in [7, 11) is 0. The zero-order chi connectivity index (χ0) is 32.8. The second kappa shape index (κ2) is 10.8. The molecule has 0 spiro atoms. The Kier molecular flexibility index (Phi) is 6.03. The van der Waals surface area contributed by atoms with Crippen LogP contribution in [0.2, 0.25) is 0 Å². The molecule has 8 aromatic carbocycles. The van der Waals surface area contributed by atoms with E-state index in [1.807, 2.05) is 28.7 Å². The van der Waals surface area contributed by atoms with Gasteiger partial charge in [0.2, 0.25) is 0 Å². The predicted molar refractivity (Wildman–Crippen MR) is 217 cm³/mol. The van der Waals surface area contributed by atoms with Crippen molar-refractivity contribution in [2.24, 2.45) is 0 Å².